The molecule has 20 heavy (non-hydrogen) atoms. The van der Waals surface area contributed by atoms with Crippen LogP contribution in [-0.4, -0.2) is 30.1 Å². The van der Waals surface area contributed by atoms with Crippen LogP contribution >= 0.6 is 0 Å². The van der Waals surface area contributed by atoms with Crippen LogP contribution < -0.4 is 9.64 Å². The topological polar surface area (TPSA) is 66.8 Å². The third-order valence-corrected chi connectivity index (χ3v) is 3.35. The van der Waals surface area contributed by atoms with Gasteiger partial charge in [-0.05, 0) is 36.6 Å². The maximum atomic E-state index is 12.0. The third kappa shape index (κ3) is 3.29. The quantitative estimate of drug-likeness (QED) is 0.866. The minimum atomic E-state index is -0.998. The van der Waals surface area contributed by atoms with Crippen molar-refractivity contribution < 1.29 is 19.4 Å². The second kappa shape index (κ2) is 6.41. The number of carbonyl (C=O) groups is 2. The second-order valence-electron chi connectivity index (χ2n) is 4.87. The van der Waals surface area contributed by atoms with E-state index in [1.165, 1.54) is 0 Å². The van der Waals surface area contributed by atoms with Crippen LogP contribution in [0.4, 0.5) is 5.69 Å². The molecule has 0 atom stereocenters. The molecule has 108 valence electrons. The molecule has 1 aromatic rings. The molecule has 0 unspecified atom stereocenters. The lowest BCUT2D eigenvalue weighted by molar-refractivity contribution is -0.139. The number of carboxylic acids is 1. The van der Waals surface area contributed by atoms with E-state index in [0.717, 1.165) is 30.6 Å². The highest BCUT2D eigenvalue weighted by Crippen LogP contribution is 2.31. The normalized spacial score (nSPS) is 14.1. The molecule has 0 saturated carbocycles. The van der Waals surface area contributed by atoms with E-state index < -0.39 is 5.97 Å². The minimum Gasteiger partial charge on any atom is -0.482 e. The van der Waals surface area contributed by atoms with Crippen molar-refractivity contribution in [2.75, 3.05) is 18.1 Å². The lowest BCUT2D eigenvalue weighted by Gasteiger charge is -2.29. The highest BCUT2D eigenvalue weighted by molar-refractivity contribution is 5.96. The first-order valence-electron chi connectivity index (χ1n) is 6.89. The highest BCUT2D eigenvalue weighted by atomic mass is 16.5. The van der Waals surface area contributed by atoms with Crippen molar-refractivity contribution in [3.8, 4) is 5.75 Å². The molecule has 1 heterocycles. The summed E-state index contributed by atoms with van der Waals surface area (Å²) in [5.74, 6) is -0.302. The lowest BCUT2D eigenvalue weighted by atomic mass is 10.0. The first-order valence-corrected chi connectivity index (χ1v) is 6.89. The molecule has 2 rings (SSSR count). The van der Waals surface area contributed by atoms with E-state index >= 15 is 0 Å². The van der Waals surface area contributed by atoms with Gasteiger partial charge < -0.3 is 14.7 Å². The first kappa shape index (κ1) is 14.4. The number of aliphatic carboxylic acids is 1. The molecule has 0 saturated heterocycles. The van der Waals surface area contributed by atoms with Crippen molar-refractivity contribution in [2.45, 2.75) is 32.6 Å². The van der Waals surface area contributed by atoms with Gasteiger partial charge in [0, 0.05) is 18.7 Å². The minimum absolute atomic E-state index is 0.158. The number of anilines is 1. The van der Waals surface area contributed by atoms with Crippen LogP contribution in [0.3, 0.4) is 0 Å². The van der Waals surface area contributed by atoms with Crippen molar-refractivity contribution in [1.82, 2.24) is 0 Å². The molecule has 0 aromatic heterocycles. The van der Waals surface area contributed by atoms with Crippen molar-refractivity contribution in [3.63, 3.8) is 0 Å². The van der Waals surface area contributed by atoms with Gasteiger partial charge >= 0.3 is 5.97 Å². The number of unbranched alkanes of at least 4 members (excludes halogenated alkanes) is 1. The molecule has 0 spiro atoms. The van der Waals surface area contributed by atoms with Crippen molar-refractivity contribution in [1.29, 1.82) is 0 Å². The summed E-state index contributed by atoms with van der Waals surface area (Å²) < 4.78 is 5.17. The van der Waals surface area contributed by atoms with Crippen molar-refractivity contribution in [2.24, 2.45) is 0 Å². The van der Waals surface area contributed by atoms with E-state index in [1.54, 1.807) is 6.07 Å². The summed E-state index contributed by atoms with van der Waals surface area (Å²) in [6.07, 6.45) is 3.20. The number of carbonyl (C=O) groups excluding carboxylic acids is 1. The summed E-state index contributed by atoms with van der Waals surface area (Å²) in [6, 6.07) is 5.40. The Morgan fingerprint density at radius 3 is 2.90 bits per heavy atom. The molecule has 0 aliphatic carbocycles. The summed E-state index contributed by atoms with van der Waals surface area (Å²) in [7, 11) is 0. The van der Waals surface area contributed by atoms with Gasteiger partial charge in [-0.3, -0.25) is 4.79 Å². The summed E-state index contributed by atoms with van der Waals surface area (Å²) >= 11 is 0. The standard InChI is InChI=1S/C15H19NO4/c1-2-3-8-16-13-6-5-12(20-10-15(18)19)9-11(13)4-7-14(16)17/h5-6,9H,2-4,7-8,10H2,1H3,(H,18,19). The van der Waals surface area contributed by atoms with Gasteiger partial charge in [-0.2, -0.15) is 0 Å². The summed E-state index contributed by atoms with van der Waals surface area (Å²) in [5, 5.41) is 8.61. The van der Waals surface area contributed by atoms with Gasteiger partial charge in [0.05, 0.1) is 0 Å². The SMILES string of the molecule is CCCCN1C(=O)CCc2cc(OCC(=O)O)ccc21. The molecule has 0 bridgehead atoms. The Bertz CT molecular complexity index is 513. The van der Waals surface area contributed by atoms with Crippen LogP contribution in [0.2, 0.25) is 0 Å². The van der Waals surface area contributed by atoms with Crippen molar-refractivity contribution in [3.05, 3.63) is 23.8 Å². The van der Waals surface area contributed by atoms with Gasteiger partial charge in [-0.25, -0.2) is 4.79 Å². The average molecular weight is 277 g/mol. The smallest absolute Gasteiger partial charge is 0.341 e. The van der Waals surface area contributed by atoms with E-state index in [1.807, 2.05) is 17.0 Å². The Morgan fingerprint density at radius 1 is 1.40 bits per heavy atom. The van der Waals surface area contributed by atoms with Gasteiger partial charge in [0.15, 0.2) is 6.61 Å². The van der Waals surface area contributed by atoms with Crippen LogP contribution in [0.1, 0.15) is 31.7 Å². The molecule has 1 aliphatic rings. The maximum absolute atomic E-state index is 12.0. The zero-order chi connectivity index (χ0) is 14.5. The Hall–Kier alpha value is -2.04. The molecular weight excluding hydrogens is 258 g/mol. The first-order chi connectivity index (χ1) is 9.61. The highest BCUT2D eigenvalue weighted by Gasteiger charge is 2.23. The van der Waals surface area contributed by atoms with Crippen molar-refractivity contribution >= 4 is 17.6 Å². The summed E-state index contributed by atoms with van der Waals surface area (Å²) in [5.41, 5.74) is 1.97. The van der Waals surface area contributed by atoms with E-state index in [9.17, 15) is 9.59 Å². The largest absolute Gasteiger partial charge is 0.482 e. The van der Waals surface area contributed by atoms with E-state index in [2.05, 4.69) is 6.92 Å². The molecule has 5 nitrogen and oxygen atoms in total. The fourth-order valence-electron chi connectivity index (χ4n) is 2.33. The monoisotopic (exact) mass is 277 g/mol. The molecule has 5 heteroatoms. The maximum Gasteiger partial charge on any atom is 0.341 e. The van der Waals surface area contributed by atoms with E-state index in [0.29, 0.717) is 18.6 Å². The van der Waals surface area contributed by atoms with Crippen LogP contribution in [0.5, 0.6) is 5.75 Å². The van der Waals surface area contributed by atoms with Gasteiger partial charge in [0.25, 0.3) is 0 Å². The molecule has 0 radical (unpaired) electrons. The number of carboxylic acid groups (broad SMARTS) is 1. The van der Waals surface area contributed by atoms with Gasteiger partial charge in [-0.1, -0.05) is 13.3 Å². The molecule has 1 aromatic carbocycles. The van der Waals surface area contributed by atoms with Gasteiger partial charge in [-0.15, -0.1) is 0 Å². The van der Waals surface area contributed by atoms with E-state index in [4.69, 9.17) is 9.84 Å². The molecule has 1 N–H and O–H groups in total. The zero-order valence-electron chi connectivity index (χ0n) is 11.6. The lowest BCUT2D eigenvalue weighted by Crippen LogP contribution is -2.35. The fourth-order valence-corrected chi connectivity index (χ4v) is 2.33. The average Bonchev–Trinajstić information content (AvgIpc) is 2.44. The number of hydrogen-bond donors (Lipinski definition) is 1. The Labute approximate surface area is 118 Å². The summed E-state index contributed by atoms with van der Waals surface area (Å²) in [4.78, 5) is 24.3. The number of hydrogen-bond acceptors (Lipinski definition) is 3. The third-order valence-electron chi connectivity index (χ3n) is 3.35. The number of rotatable bonds is 6. The predicted molar refractivity (Wildman–Crippen MR) is 75.2 cm³/mol. The predicted octanol–water partition coefficient (Wildman–Crippen LogP) is 2.23. The second-order valence-corrected chi connectivity index (χ2v) is 4.87. The van der Waals surface area contributed by atoms with Crippen LogP contribution in [0.25, 0.3) is 0 Å². The number of amides is 1. The Balaban J connectivity index is 2.17. The molecular formula is C15H19NO4. The Morgan fingerprint density at radius 2 is 2.20 bits per heavy atom. The van der Waals surface area contributed by atoms with Gasteiger partial charge in [0.1, 0.15) is 5.75 Å². The Kier molecular flexibility index (Phi) is 4.61. The molecule has 0 fully saturated rings. The number of benzene rings is 1. The molecule has 1 aliphatic heterocycles. The van der Waals surface area contributed by atoms with Crippen LogP contribution in [-0.2, 0) is 16.0 Å². The van der Waals surface area contributed by atoms with Gasteiger partial charge in [0.2, 0.25) is 5.91 Å². The number of aryl methyl sites for hydroxylation is 1. The zero-order valence-corrected chi connectivity index (χ0v) is 11.6. The number of fused-ring (bicyclic) bond motifs is 1. The summed E-state index contributed by atoms with van der Waals surface area (Å²) in [6.45, 7) is 2.48. The number of ether oxygens (including phenoxy) is 1. The van der Waals surface area contributed by atoms with Crippen LogP contribution in [0, 0.1) is 0 Å². The van der Waals surface area contributed by atoms with E-state index in [-0.39, 0.29) is 12.5 Å². The fraction of sp³-hybridized carbons (Fsp3) is 0.467. The van der Waals surface area contributed by atoms with Crippen LogP contribution in [0.15, 0.2) is 18.2 Å². The molecule has 1 amide bonds. The number of nitrogens with zero attached hydrogens (tertiary/aromatic N) is 1.